The molecule has 0 saturated heterocycles. The number of benzene rings is 2. The Kier molecular flexibility index (Phi) is 6.28. The highest BCUT2D eigenvalue weighted by Crippen LogP contribution is 2.15. The summed E-state index contributed by atoms with van der Waals surface area (Å²) in [6.07, 6.45) is 5.11. The lowest BCUT2D eigenvalue weighted by molar-refractivity contribution is 0.0969. The fourth-order valence-electron chi connectivity index (χ4n) is 2.72. The predicted octanol–water partition coefficient (Wildman–Crippen LogP) is 5.05. The van der Waals surface area contributed by atoms with Crippen molar-refractivity contribution in [1.29, 1.82) is 0 Å². The maximum atomic E-state index is 12.5. The van der Waals surface area contributed by atoms with E-state index in [1.165, 1.54) is 31.7 Å². The molecule has 2 aromatic rings. The molecular formula is C21H24O2. The molecule has 2 rings (SSSR count). The SMILES string of the molecule is CCCCCc1ccc(CC(=O)c2ccccc2C(C)=O)cc1. The molecule has 2 aromatic carbocycles. The third-order valence-electron chi connectivity index (χ3n) is 4.06. The smallest absolute Gasteiger partial charge is 0.167 e. The van der Waals surface area contributed by atoms with Gasteiger partial charge >= 0.3 is 0 Å². The second-order valence-electron chi connectivity index (χ2n) is 5.98. The van der Waals surface area contributed by atoms with E-state index in [0.29, 0.717) is 17.5 Å². The van der Waals surface area contributed by atoms with Crippen LogP contribution in [-0.4, -0.2) is 11.6 Å². The zero-order valence-corrected chi connectivity index (χ0v) is 14.0. The molecule has 0 fully saturated rings. The molecule has 0 aliphatic heterocycles. The van der Waals surface area contributed by atoms with Crippen LogP contribution in [-0.2, 0) is 12.8 Å². The molecule has 120 valence electrons. The molecule has 2 heteroatoms. The third kappa shape index (κ3) is 4.88. The molecule has 0 atom stereocenters. The molecule has 0 radical (unpaired) electrons. The fraction of sp³-hybridized carbons (Fsp3) is 0.333. The topological polar surface area (TPSA) is 34.1 Å². The van der Waals surface area contributed by atoms with E-state index in [2.05, 4.69) is 19.1 Å². The van der Waals surface area contributed by atoms with E-state index < -0.39 is 0 Å². The van der Waals surface area contributed by atoms with Crippen molar-refractivity contribution in [3.05, 3.63) is 70.8 Å². The average Bonchev–Trinajstić information content (AvgIpc) is 2.56. The Morgan fingerprint density at radius 1 is 0.826 bits per heavy atom. The van der Waals surface area contributed by atoms with Crippen molar-refractivity contribution in [2.45, 2.75) is 46.0 Å². The van der Waals surface area contributed by atoms with Gasteiger partial charge in [-0.2, -0.15) is 0 Å². The van der Waals surface area contributed by atoms with E-state index >= 15 is 0 Å². The molecular weight excluding hydrogens is 284 g/mol. The number of rotatable bonds is 8. The maximum Gasteiger partial charge on any atom is 0.167 e. The highest BCUT2D eigenvalue weighted by Gasteiger charge is 2.14. The van der Waals surface area contributed by atoms with Gasteiger partial charge in [-0.3, -0.25) is 9.59 Å². The van der Waals surface area contributed by atoms with E-state index in [0.717, 1.165) is 12.0 Å². The first-order valence-corrected chi connectivity index (χ1v) is 8.32. The Morgan fingerprint density at radius 2 is 1.43 bits per heavy atom. The summed E-state index contributed by atoms with van der Waals surface area (Å²) in [7, 11) is 0. The van der Waals surface area contributed by atoms with E-state index in [4.69, 9.17) is 0 Å². The Hall–Kier alpha value is -2.22. The molecule has 23 heavy (non-hydrogen) atoms. The fourth-order valence-corrected chi connectivity index (χ4v) is 2.72. The Bertz CT molecular complexity index is 668. The van der Waals surface area contributed by atoms with Crippen molar-refractivity contribution < 1.29 is 9.59 Å². The lowest BCUT2D eigenvalue weighted by Gasteiger charge is -2.07. The zero-order chi connectivity index (χ0) is 16.7. The first kappa shape index (κ1) is 17.1. The molecule has 0 aliphatic carbocycles. The minimum atomic E-state index is -0.0692. The van der Waals surface area contributed by atoms with Crippen LogP contribution in [0.1, 0.15) is 65.0 Å². The summed E-state index contributed by atoms with van der Waals surface area (Å²) in [5.41, 5.74) is 3.34. The lowest BCUT2D eigenvalue weighted by atomic mass is 9.96. The summed E-state index contributed by atoms with van der Waals surface area (Å²) in [6.45, 7) is 3.70. The highest BCUT2D eigenvalue weighted by molar-refractivity contribution is 6.08. The molecule has 0 spiro atoms. The van der Waals surface area contributed by atoms with Crippen molar-refractivity contribution in [3.8, 4) is 0 Å². The van der Waals surface area contributed by atoms with E-state index in [1.54, 1.807) is 24.3 Å². The van der Waals surface area contributed by atoms with Crippen molar-refractivity contribution >= 4 is 11.6 Å². The van der Waals surface area contributed by atoms with Gasteiger partial charge in [-0.15, -0.1) is 0 Å². The number of hydrogen-bond acceptors (Lipinski definition) is 2. The van der Waals surface area contributed by atoms with E-state index in [9.17, 15) is 9.59 Å². The van der Waals surface area contributed by atoms with Gasteiger partial charge in [0.25, 0.3) is 0 Å². The normalized spacial score (nSPS) is 10.5. The lowest BCUT2D eigenvalue weighted by Crippen LogP contribution is -2.09. The van der Waals surface area contributed by atoms with Crippen molar-refractivity contribution in [2.75, 3.05) is 0 Å². The van der Waals surface area contributed by atoms with Crippen LogP contribution in [0.3, 0.4) is 0 Å². The number of carbonyl (C=O) groups is 2. The average molecular weight is 308 g/mol. The number of unbranched alkanes of at least 4 members (excludes halogenated alkanes) is 2. The molecule has 0 amide bonds. The monoisotopic (exact) mass is 308 g/mol. The summed E-state index contributed by atoms with van der Waals surface area (Å²) in [4.78, 5) is 24.1. The third-order valence-corrected chi connectivity index (χ3v) is 4.06. The summed E-state index contributed by atoms with van der Waals surface area (Å²) in [6, 6.07) is 15.3. The van der Waals surface area contributed by atoms with Crippen LogP contribution < -0.4 is 0 Å². The van der Waals surface area contributed by atoms with E-state index in [-0.39, 0.29) is 11.6 Å². The summed E-state index contributed by atoms with van der Waals surface area (Å²) >= 11 is 0. The van der Waals surface area contributed by atoms with Crippen LogP contribution in [0.5, 0.6) is 0 Å². The van der Waals surface area contributed by atoms with Crippen molar-refractivity contribution in [1.82, 2.24) is 0 Å². The summed E-state index contributed by atoms with van der Waals surface area (Å²) in [5, 5.41) is 0. The largest absolute Gasteiger partial charge is 0.294 e. The zero-order valence-electron chi connectivity index (χ0n) is 14.0. The van der Waals surface area contributed by atoms with Gasteiger partial charge in [-0.25, -0.2) is 0 Å². The van der Waals surface area contributed by atoms with Gasteiger partial charge in [0.2, 0.25) is 0 Å². The van der Waals surface area contributed by atoms with Crippen LogP contribution in [0.2, 0.25) is 0 Å². The number of hydrogen-bond donors (Lipinski definition) is 0. The minimum Gasteiger partial charge on any atom is -0.294 e. The van der Waals surface area contributed by atoms with Gasteiger partial charge in [0.05, 0.1) is 0 Å². The predicted molar refractivity (Wildman–Crippen MR) is 94.2 cm³/mol. The van der Waals surface area contributed by atoms with Gasteiger partial charge < -0.3 is 0 Å². The molecule has 0 bridgehead atoms. The van der Waals surface area contributed by atoms with Gasteiger partial charge in [-0.1, -0.05) is 68.3 Å². The van der Waals surface area contributed by atoms with Gasteiger partial charge in [-0.05, 0) is 30.9 Å². The molecule has 0 N–H and O–H groups in total. The molecule has 0 aromatic heterocycles. The summed E-state index contributed by atoms with van der Waals surface area (Å²) < 4.78 is 0. The molecule has 0 unspecified atom stereocenters. The molecule has 0 saturated carbocycles. The maximum absolute atomic E-state index is 12.5. The van der Waals surface area contributed by atoms with Crippen molar-refractivity contribution in [2.24, 2.45) is 0 Å². The highest BCUT2D eigenvalue weighted by atomic mass is 16.1. The first-order valence-electron chi connectivity index (χ1n) is 8.32. The van der Waals surface area contributed by atoms with E-state index in [1.807, 2.05) is 12.1 Å². The molecule has 0 heterocycles. The van der Waals surface area contributed by atoms with Gasteiger partial charge in [0.1, 0.15) is 0 Å². The van der Waals surface area contributed by atoms with Crippen LogP contribution in [0.15, 0.2) is 48.5 Å². The molecule has 2 nitrogen and oxygen atoms in total. The van der Waals surface area contributed by atoms with Crippen molar-refractivity contribution in [3.63, 3.8) is 0 Å². The van der Waals surface area contributed by atoms with Crippen LogP contribution in [0.25, 0.3) is 0 Å². The molecule has 0 aliphatic rings. The standard InChI is InChI=1S/C21H24O2/c1-3-4-5-8-17-11-13-18(14-12-17)15-21(23)20-10-7-6-9-19(20)16(2)22/h6-7,9-14H,3-5,8,15H2,1-2H3. The Morgan fingerprint density at radius 3 is 2.04 bits per heavy atom. The number of Topliss-reactive ketones (excluding diaryl/α,β-unsaturated/α-hetero) is 2. The second-order valence-corrected chi connectivity index (χ2v) is 5.98. The Labute approximate surface area is 138 Å². The minimum absolute atomic E-state index is 0.00506. The van der Waals surface area contributed by atoms with Gasteiger partial charge in [0.15, 0.2) is 11.6 Å². The number of ketones is 2. The first-order chi connectivity index (χ1) is 11.1. The second kappa shape index (κ2) is 8.42. The van der Waals surface area contributed by atoms with Crippen LogP contribution in [0.4, 0.5) is 0 Å². The quantitative estimate of drug-likeness (QED) is 0.505. The Balaban J connectivity index is 2.05. The van der Waals surface area contributed by atoms with Crippen LogP contribution in [0, 0.1) is 0 Å². The van der Waals surface area contributed by atoms with Gasteiger partial charge in [0, 0.05) is 17.5 Å². The summed E-state index contributed by atoms with van der Waals surface area (Å²) in [5.74, 6) is -0.0743. The number of carbonyl (C=O) groups excluding carboxylic acids is 2. The number of aryl methyl sites for hydroxylation is 1. The van der Waals surface area contributed by atoms with Crippen LogP contribution >= 0.6 is 0 Å².